The number of hydrogen-bond donors (Lipinski definition) is 0. The van der Waals surface area contributed by atoms with Gasteiger partial charge in [-0.1, -0.05) is 25.7 Å². The third-order valence-corrected chi connectivity index (χ3v) is 4.96. The van der Waals surface area contributed by atoms with Crippen LogP contribution in [0.25, 0.3) is 0 Å². The van der Waals surface area contributed by atoms with E-state index >= 15 is 0 Å². The molecule has 2 heteroatoms. The first kappa shape index (κ1) is 11.7. The minimum absolute atomic E-state index is 0.215. The van der Waals surface area contributed by atoms with E-state index in [1.807, 2.05) is 24.5 Å². The highest BCUT2D eigenvalue weighted by Gasteiger charge is 2.55. The fourth-order valence-electron chi connectivity index (χ4n) is 4.08. The molecule has 2 aliphatic rings. The summed E-state index contributed by atoms with van der Waals surface area (Å²) >= 11 is 0. The minimum Gasteiger partial charge on any atom is -0.265 e. The van der Waals surface area contributed by atoms with Gasteiger partial charge >= 0.3 is 0 Å². The van der Waals surface area contributed by atoms with Crippen LogP contribution in [0.5, 0.6) is 0 Å². The maximum Gasteiger partial charge on any atom is 0.0834 e. The lowest BCUT2D eigenvalue weighted by molar-refractivity contribution is 0.0397. The molecule has 0 unspecified atom stereocenters. The summed E-state index contributed by atoms with van der Waals surface area (Å²) in [6, 6.07) is 6.64. The highest BCUT2D eigenvalue weighted by atomic mass is 14.6. The summed E-state index contributed by atoms with van der Waals surface area (Å²) in [6.07, 6.45) is 13.9. The summed E-state index contributed by atoms with van der Waals surface area (Å²) in [4.78, 5) is 4.06. The molecule has 0 aliphatic heterocycles. The molecule has 3 rings (SSSR count). The highest BCUT2D eigenvalue weighted by Crippen LogP contribution is 2.60. The van der Waals surface area contributed by atoms with Crippen LogP contribution < -0.4 is 0 Å². The molecule has 0 radical (unpaired) electrons. The molecule has 1 aromatic heterocycles. The summed E-state index contributed by atoms with van der Waals surface area (Å²) in [5.41, 5.74) is 1.44. The van der Waals surface area contributed by atoms with Crippen molar-refractivity contribution in [1.29, 1.82) is 5.26 Å². The summed E-state index contributed by atoms with van der Waals surface area (Å²) in [6.45, 7) is 0. The predicted octanol–water partition coefficient (Wildman–Crippen LogP) is 3.98. The third kappa shape index (κ3) is 1.82. The topological polar surface area (TPSA) is 36.7 Å². The summed E-state index contributed by atoms with van der Waals surface area (Å²) in [5.74, 6) is 0. The van der Waals surface area contributed by atoms with Gasteiger partial charge in [0, 0.05) is 12.4 Å². The minimum atomic E-state index is -0.215. The smallest absolute Gasteiger partial charge is 0.0834 e. The van der Waals surface area contributed by atoms with E-state index in [2.05, 4.69) is 11.1 Å². The number of nitriles is 1. The lowest BCUT2D eigenvalue weighted by Crippen LogP contribution is -2.48. The lowest BCUT2D eigenvalue weighted by Gasteiger charge is -2.53. The van der Waals surface area contributed by atoms with Crippen LogP contribution >= 0.6 is 0 Å². The van der Waals surface area contributed by atoms with Crippen LogP contribution in [-0.2, 0) is 5.41 Å². The highest BCUT2D eigenvalue weighted by molar-refractivity contribution is 5.36. The van der Waals surface area contributed by atoms with Crippen LogP contribution in [0.15, 0.2) is 24.5 Å². The standard InChI is InChI=1S/C16H20N2/c17-13-16(14-5-9-18-10-6-14)11-15(12-16)7-3-1-2-4-8-15/h5-6,9-10H,1-4,7-8,11-12H2. The van der Waals surface area contributed by atoms with Gasteiger partial charge in [-0.25, -0.2) is 0 Å². The van der Waals surface area contributed by atoms with Crippen molar-refractivity contribution in [3.05, 3.63) is 30.1 Å². The number of aromatic nitrogens is 1. The molecule has 1 heterocycles. The van der Waals surface area contributed by atoms with Crippen LogP contribution in [0, 0.1) is 16.7 Å². The van der Waals surface area contributed by atoms with Crippen molar-refractivity contribution in [1.82, 2.24) is 4.98 Å². The Morgan fingerprint density at radius 1 is 1.00 bits per heavy atom. The zero-order valence-electron chi connectivity index (χ0n) is 10.9. The van der Waals surface area contributed by atoms with Crippen molar-refractivity contribution >= 4 is 0 Å². The molecule has 0 aromatic carbocycles. The van der Waals surface area contributed by atoms with Crippen molar-refractivity contribution < 1.29 is 0 Å². The summed E-state index contributed by atoms with van der Waals surface area (Å²) in [7, 11) is 0. The average molecular weight is 240 g/mol. The summed E-state index contributed by atoms with van der Waals surface area (Å²) < 4.78 is 0. The Balaban J connectivity index is 1.81. The normalized spacial score (nSPS) is 24.8. The van der Waals surface area contributed by atoms with E-state index in [-0.39, 0.29) is 5.41 Å². The van der Waals surface area contributed by atoms with E-state index in [9.17, 15) is 5.26 Å². The van der Waals surface area contributed by atoms with Crippen LogP contribution in [0.1, 0.15) is 56.9 Å². The van der Waals surface area contributed by atoms with Crippen molar-refractivity contribution in [3.8, 4) is 6.07 Å². The van der Waals surface area contributed by atoms with Gasteiger partial charge in [-0.3, -0.25) is 4.98 Å². The van der Waals surface area contributed by atoms with Crippen LogP contribution in [-0.4, -0.2) is 4.98 Å². The Labute approximate surface area is 109 Å². The van der Waals surface area contributed by atoms with Gasteiger partial charge in [-0.15, -0.1) is 0 Å². The molecule has 94 valence electrons. The number of rotatable bonds is 1. The zero-order valence-corrected chi connectivity index (χ0v) is 10.9. The maximum atomic E-state index is 9.60. The van der Waals surface area contributed by atoms with Gasteiger partial charge in [0.25, 0.3) is 0 Å². The monoisotopic (exact) mass is 240 g/mol. The number of pyridine rings is 1. The van der Waals surface area contributed by atoms with Crippen molar-refractivity contribution in [2.75, 3.05) is 0 Å². The first-order valence-electron chi connectivity index (χ1n) is 7.11. The lowest BCUT2D eigenvalue weighted by atomic mass is 9.49. The Hall–Kier alpha value is -1.36. The Morgan fingerprint density at radius 3 is 2.17 bits per heavy atom. The van der Waals surface area contributed by atoms with Gasteiger partial charge in [0.2, 0.25) is 0 Å². The molecule has 2 saturated carbocycles. The molecule has 2 fully saturated rings. The molecule has 0 saturated heterocycles. The quantitative estimate of drug-likeness (QED) is 0.744. The number of hydrogen-bond acceptors (Lipinski definition) is 2. The molecule has 18 heavy (non-hydrogen) atoms. The molecular weight excluding hydrogens is 220 g/mol. The van der Waals surface area contributed by atoms with Crippen molar-refractivity contribution in [3.63, 3.8) is 0 Å². The van der Waals surface area contributed by atoms with Crippen molar-refractivity contribution in [2.24, 2.45) is 5.41 Å². The second-order valence-corrected chi connectivity index (χ2v) is 6.20. The van der Waals surface area contributed by atoms with E-state index in [4.69, 9.17) is 0 Å². The van der Waals surface area contributed by atoms with Gasteiger partial charge in [0.15, 0.2) is 0 Å². The number of nitrogens with zero attached hydrogens (tertiary/aromatic N) is 2. The van der Waals surface area contributed by atoms with Crippen molar-refractivity contribution in [2.45, 2.75) is 56.8 Å². The largest absolute Gasteiger partial charge is 0.265 e. The van der Waals surface area contributed by atoms with Gasteiger partial charge in [0.1, 0.15) is 0 Å². The fourth-order valence-corrected chi connectivity index (χ4v) is 4.08. The van der Waals surface area contributed by atoms with E-state index < -0.39 is 0 Å². The average Bonchev–Trinajstić information content (AvgIpc) is 2.63. The molecular formula is C16H20N2. The summed E-state index contributed by atoms with van der Waals surface area (Å²) in [5, 5.41) is 9.60. The second kappa shape index (κ2) is 4.39. The van der Waals surface area contributed by atoms with E-state index in [1.165, 1.54) is 44.1 Å². The van der Waals surface area contributed by atoms with Crippen LogP contribution in [0.3, 0.4) is 0 Å². The molecule has 1 spiro atoms. The van der Waals surface area contributed by atoms with Gasteiger partial charge in [0.05, 0.1) is 11.5 Å². The van der Waals surface area contributed by atoms with E-state index in [0.717, 1.165) is 12.8 Å². The second-order valence-electron chi connectivity index (χ2n) is 6.20. The molecule has 2 aliphatic carbocycles. The molecule has 2 nitrogen and oxygen atoms in total. The first-order chi connectivity index (χ1) is 8.79. The van der Waals surface area contributed by atoms with Crippen LogP contribution in [0.4, 0.5) is 0 Å². The van der Waals surface area contributed by atoms with E-state index in [1.54, 1.807) is 0 Å². The SMILES string of the molecule is N#CC1(c2ccncc2)CC2(CCCCCC2)C1. The van der Waals surface area contributed by atoms with Gasteiger partial charge in [-0.2, -0.15) is 5.26 Å². The maximum absolute atomic E-state index is 9.60. The predicted molar refractivity (Wildman–Crippen MR) is 70.9 cm³/mol. The molecule has 1 aromatic rings. The first-order valence-corrected chi connectivity index (χ1v) is 7.11. The van der Waals surface area contributed by atoms with Gasteiger partial charge < -0.3 is 0 Å². The van der Waals surface area contributed by atoms with Crippen LogP contribution in [0.2, 0.25) is 0 Å². The van der Waals surface area contributed by atoms with Gasteiger partial charge in [-0.05, 0) is 48.8 Å². The molecule has 0 atom stereocenters. The molecule has 0 bridgehead atoms. The Bertz CT molecular complexity index is 442. The zero-order chi connectivity index (χ0) is 12.5. The molecule has 0 amide bonds. The fraction of sp³-hybridized carbons (Fsp3) is 0.625. The Kier molecular flexibility index (Phi) is 2.86. The third-order valence-electron chi connectivity index (χ3n) is 4.96. The molecule has 0 N–H and O–H groups in total. The Morgan fingerprint density at radius 2 is 1.61 bits per heavy atom. The van der Waals surface area contributed by atoms with E-state index in [0.29, 0.717) is 5.41 Å².